The van der Waals surface area contributed by atoms with Gasteiger partial charge in [-0.1, -0.05) is 54.1 Å². The van der Waals surface area contributed by atoms with E-state index in [0.29, 0.717) is 5.56 Å². The molecule has 0 saturated carbocycles. The number of rotatable bonds is 4. The number of carbonyl (C=O) groups excluding carboxylic acids is 2. The third-order valence-corrected chi connectivity index (χ3v) is 6.84. The van der Waals surface area contributed by atoms with Crippen LogP contribution in [0.2, 0.25) is 5.02 Å². The second kappa shape index (κ2) is 9.76. The van der Waals surface area contributed by atoms with E-state index in [9.17, 15) is 14.0 Å². The summed E-state index contributed by atoms with van der Waals surface area (Å²) in [6, 6.07) is 24.1. The van der Waals surface area contributed by atoms with E-state index in [2.05, 4.69) is 34.1 Å². The van der Waals surface area contributed by atoms with Crippen LogP contribution in [-0.4, -0.2) is 21.5 Å². The highest BCUT2D eigenvalue weighted by Crippen LogP contribution is 2.29. The van der Waals surface area contributed by atoms with Crippen LogP contribution in [0.3, 0.4) is 0 Å². The first kappa shape index (κ1) is 24.6. The summed E-state index contributed by atoms with van der Waals surface area (Å²) in [7, 11) is 0. The van der Waals surface area contributed by atoms with Crippen LogP contribution in [0.4, 0.5) is 10.1 Å². The number of hydrogen-bond donors (Lipinski definition) is 1. The number of carbonyl (C=O) groups is 2. The zero-order valence-corrected chi connectivity index (χ0v) is 21.5. The van der Waals surface area contributed by atoms with Crippen LogP contribution in [0.5, 0.6) is 0 Å². The molecule has 0 radical (unpaired) electrons. The molecule has 5 nitrogen and oxygen atoms in total. The normalized spacial score (nSPS) is 14.9. The molecule has 37 heavy (non-hydrogen) atoms. The lowest BCUT2D eigenvalue weighted by atomic mass is 10.1. The SMILES string of the molecule is Cc1cc(/C=C2/C(=O)NC(=S)N(c3ccc(F)c(Cl)c3)C2=O)c(C)n1-c1ccc(-c2ccccc2)cc1. The van der Waals surface area contributed by atoms with Crippen molar-refractivity contribution in [2.24, 2.45) is 0 Å². The third kappa shape index (κ3) is 4.59. The van der Waals surface area contributed by atoms with Crippen molar-refractivity contribution in [1.29, 1.82) is 0 Å². The van der Waals surface area contributed by atoms with Gasteiger partial charge in [-0.05, 0) is 85.2 Å². The van der Waals surface area contributed by atoms with E-state index in [4.69, 9.17) is 23.8 Å². The Balaban J connectivity index is 1.50. The highest BCUT2D eigenvalue weighted by Gasteiger charge is 2.35. The van der Waals surface area contributed by atoms with Gasteiger partial charge in [0.1, 0.15) is 11.4 Å². The van der Waals surface area contributed by atoms with E-state index in [1.54, 1.807) is 6.08 Å². The molecule has 3 aromatic carbocycles. The molecular formula is C29H21ClFN3O2S. The van der Waals surface area contributed by atoms with Crippen molar-refractivity contribution >= 4 is 52.5 Å². The molecule has 2 heterocycles. The predicted octanol–water partition coefficient (Wildman–Crippen LogP) is 6.38. The molecule has 1 aromatic heterocycles. The highest BCUT2D eigenvalue weighted by atomic mass is 35.5. The van der Waals surface area contributed by atoms with Gasteiger partial charge in [-0.25, -0.2) is 4.39 Å². The van der Waals surface area contributed by atoms with Crippen molar-refractivity contribution < 1.29 is 14.0 Å². The van der Waals surface area contributed by atoms with Crippen molar-refractivity contribution in [1.82, 2.24) is 9.88 Å². The number of aromatic nitrogens is 1. The molecule has 1 aliphatic rings. The Labute approximate surface area is 223 Å². The fourth-order valence-corrected chi connectivity index (χ4v) is 4.89. The first-order valence-electron chi connectivity index (χ1n) is 11.5. The molecule has 0 aliphatic carbocycles. The number of anilines is 1. The summed E-state index contributed by atoms with van der Waals surface area (Å²) < 4.78 is 15.7. The number of nitrogens with zero attached hydrogens (tertiary/aromatic N) is 2. The molecule has 0 unspecified atom stereocenters. The minimum Gasteiger partial charge on any atom is -0.318 e. The van der Waals surface area contributed by atoms with E-state index in [1.807, 2.05) is 50.2 Å². The molecule has 1 fully saturated rings. The Morgan fingerprint density at radius 1 is 0.892 bits per heavy atom. The van der Waals surface area contributed by atoms with Gasteiger partial charge >= 0.3 is 0 Å². The number of hydrogen-bond acceptors (Lipinski definition) is 3. The smallest absolute Gasteiger partial charge is 0.270 e. The molecule has 1 aliphatic heterocycles. The second-order valence-electron chi connectivity index (χ2n) is 8.63. The standard InChI is InChI=1S/C29H21ClFN3O2S/c1-17-14-21(18(2)33(17)22-10-8-20(9-11-22)19-6-4-3-5-7-19)15-24-27(35)32-29(37)34(28(24)36)23-12-13-26(31)25(30)16-23/h3-16H,1-2H3,(H,32,35,37)/b24-15-. The van der Waals surface area contributed by atoms with E-state index >= 15 is 0 Å². The molecule has 184 valence electrons. The minimum absolute atomic E-state index is 0.0891. The molecule has 0 bridgehead atoms. The lowest BCUT2D eigenvalue weighted by molar-refractivity contribution is -0.122. The molecular weight excluding hydrogens is 509 g/mol. The Bertz CT molecular complexity index is 1590. The summed E-state index contributed by atoms with van der Waals surface area (Å²) >= 11 is 11.1. The first-order chi connectivity index (χ1) is 17.7. The molecule has 2 amide bonds. The van der Waals surface area contributed by atoms with E-state index in [0.717, 1.165) is 39.2 Å². The Kier molecular flexibility index (Phi) is 6.50. The second-order valence-corrected chi connectivity index (χ2v) is 9.42. The summed E-state index contributed by atoms with van der Waals surface area (Å²) in [5, 5.41) is 2.29. The molecule has 8 heteroatoms. The predicted molar refractivity (Wildman–Crippen MR) is 148 cm³/mol. The minimum atomic E-state index is -0.621. The van der Waals surface area contributed by atoms with Crippen LogP contribution in [0.1, 0.15) is 17.0 Å². The number of benzene rings is 3. The van der Waals surface area contributed by atoms with Crippen LogP contribution < -0.4 is 10.2 Å². The van der Waals surface area contributed by atoms with Gasteiger partial charge in [0, 0.05) is 17.1 Å². The van der Waals surface area contributed by atoms with E-state index < -0.39 is 17.6 Å². The molecule has 0 spiro atoms. The first-order valence-corrected chi connectivity index (χ1v) is 12.2. The summed E-state index contributed by atoms with van der Waals surface area (Å²) in [5.41, 5.74) is 5.89. The largest absolute Gasteiger partial charge is 0.318 e. The Morgan fingerprint density at radius 2 is 1.54 bits per heavy atom. The van der Waals surface area contributed by atoms with E-state index in [-0.39, 0.29) is 21.4 Å². The van der Waals surface area contributed by atoms with Crippen molar-refractivity contribution in [3.05, 3.63) is 112 Å². The summed E-state index contributed by atoms with van der Waals surface area (Å²) in [4.78, 5) is 27.2. The zero-order valence-electron chi connectivity index (χ0n) is 20.0. The van der Waals surface area contributed by atoms with Crippen molar-refractivity contribution in [2.75, 3.05) is 4.90 Å². The van der Waals surface area contributed by atoms with Gasteiger partial charge in [0.05, 0.1) is 10.7 Å². The summed E-state index contributed by atoms with van der Waals surface area (Å²) in [6.07, 6.45) is 1.55. The number of amides is 2. The zero-order chi connectivity index (χ0) is 26.3. The Hall–Kier alpha value is -4.07. The van der Waals surface area contributed by atoms with Gasteiger partial charge in [-0.2, -0.15) is 0 Å². The van der Waals surface area contributed by atoms with Gasteiger partial charge in [-0.3, -0.25) is 19.8 Å². The maximum absolute atomic E-state index is 13.7. The molecule has 0 atom stereocenters. The van der Waals surface area contributed by atoms with Gasteiger partial charge in [0.15, 0.2) is 5.11 Å². The fourth-order valence-electron chi connectivity index (χ4n) is 4.44. The fraction of sp³-hybridized carbons (Fsp3) is 0.0690. The van der Waals surface area contributed by atoms with Gasteiger partial charge < -0.3 is 4.57 Å². The highest BCUT2D eigenvalue weighted by molar-refractivity contribution is 7.80. The average Bonchev–Trinajstić information content (AvgIpc) is 3.17. The van der Waals surface area contributed by atoms with E-state index in [1.165, 1.54) is 12.1 Å². The van der Waals surface area contributed by atoms with Crippen molar-refractivity contribution in [2.45, 2.75) is 13.8 Å². The molecule has 1 saturated heterocycles. The topological polar surface area (TPSA) is 54.3 Å². The monoisotopic (exact) mass is 529 g/mol. The maximum atomic E-state index is 13.7. The third-order valence-electron chi connectivity index (χ3n) is 6.27. The quantitative estimate of drug-likeness (QED) is 0.189. The Morgan fingerprint density at radius 3 is 2.22 bits per heavy atom. The number of halogens is 2. The summed E-state index contributed by atoms with van der Waals surface area (Å²) in [5.74, 6) is -1.84. The average molecular weight is 530 g/mol. The molecule has 1 N–H and O–H groups in total. The lowest BCUT2D eigenvalue weighted by Gasteiger charge is -2.29. The number of thiocarbonyl (C=S) groups is 1. The van der Waals surface area contributed by atoms with Gasteiger partial charge in [-0.15, -0.1) is 0 Å². The molecule has 4 aromatic rings. The van der Waals surface area contributed by atoms with Crippen LogP contribution >= 0.6 is 23.8 Å². The summed E-state index contributed by atoms with van der Waals surface area (Å²) in [6.45, 7) is 3.89. The van der Waals surface area contributed by atoms with Crippen LogP contribution in [0, 0.1) is 19.7 Å². The maximum Gasteiger partial charge on any atom is 0.270 e. The number of aryl methyl sites for hydroxylation is 1. The molecule has 5 rings (SSSR count). The van der Waals surface area contributed by atoms with Crippen LogP contribution in [0.15, 0.2) is 84.4 Å². The van der Waals surface area contributed by atoms with Gasteiger partial charge in [0.25, 0.3) is 11.8 Å². The lowest BCUT2D eigenvalue weighted by Crippen LogP contribution is -2.54. The van der Waals surface area contributed by atoms with Crippen LogP contribution in [0.25, 0.3) is 22.9 Å². The van der Waals surface area contributed by atoms with Crippen molar-refractivity contribution in [3.63, 3.8) is 0 Å². The number of nitrogens with one attached hydrogen (secondary N) is 1. The van der Waals surface area contributed by atoms with Gasteiger partial charge in [0.2, 0.25) is 0 Å². The van der Waals surface area contributed by atoms with Crippen molar-refractivity contribution in [3.8, 4) is 16.8 Å². The van der Waals surface area contributed by atoms with Crippen LogP contribution in [-0.2, 0) is 9.59 Å².